The van der Waals surface area contributed by atoms with Crippen LogP contribution < -0.4 is 10.9 Å². The molecule has 27 heavy (non-hydrogen) atoms. The Morgan fingerprint density at radius 2 is 1.93 bits per heavy atom. The maximum atomic E-state index is 12.3. The van der Waals surface area contributed by atoms with Gasteiger partial charge >= 0.3 is 11.6 Å². The molecule has 138 valence electrons. The van der Waals surface area contributed by atoms with Crippen molar-refractivity contribution in [2.75, 3.05) is 5.32 Å². The molecule has 0 fully saturated rings. The second-order valence-corrected chi connectivity index (χ2v) is 6.11. The van der Waals surface area contributed by atoms with Gasteiger partial charge in [0.05, 0.1) is 5.56 Å². The summed E-state index contributed by atoms with van der Waals surface area (Å²) in [7, 11) is 0. The van der Waals surface area contributed by atoms with Crippen LogP contribution in [0.3, 0.4) is 0 Å². The average molecular weight is 365 g/mol. The molecule has 0 aliphatic rings. The lowest BCUT2D eigenvalue weighted by atomic mass is 10.1. The summed E-state index contributed by atoms with van der Waals surface area (Å²) >= 11 is 0. The number of amides is 1. The van der Waals surface area contributed by atoms with Crippen LogP contribution in [0.15, 0.2) is 57.7 Å². The number of carbonyl (C=O) groups is 2. The smallest absolute Gasteiger partial charge is 0.338 e. The highest BCUT2D eigenvalue weighted by atomic mass is 16.5. The number of benzene rings is 2. The van der Waals surface area contributed by atoms with Crippen molar-refractivity contribution in [1.29, 1.82) is 0 Å². The summed E-state index contributed by atoms with van der Waals surface area (Å²) in [4.78, 5) is 35.3. The standard InChI is InChI=1S/C21H19NO5/c1-3-14-7-8-18-16(11-20(24)27-19(18)9-14)12-26-21(25)15-5-4-6-17(10-15)22-13(2)23/h4-11H,3,12H2,1-2H3,(H,22,23). The Balaban J connectivity index is 1.81. The third kappa shape index (κ3) is 4.41. The highest BCUT2D eigenvalue weighted by Crippen LogP contribution is 2.20. The topological polar surface area (TPSA) is 85.6 Å². The second kappa shape index (κ2) is 7.86. The van der Waals surface area contributed by atoms with Gasteiger partial charge in [-0.1, -0.05) is 25.1 Å². The molecule has 1 amide bonds. The van der Waals surface area contributed by atoms with Crippen LogP contribution in [-0.2, 0) is 22.6 Å². The van der Waals surface area contributed by atoms with Crippen LogP contribution in [0.1, 0.15) is 35.3 Å². The zero-order valence-electron chi connectivity index (χ0n) is 15.1. The first-order valence-electron chi connectivity index (χ1n) is 8.56. The fourth-order valence-corrected chi connectivity index (χ4v) is 2.77. The van der Waals surface area contributed by atoms with Gasteiger partial charge in [0.1, 0.15) is 12.2 Å². The molecule has 1 N–H and O–H groups in total. The van der Waals surface area contributed by atoms with Gasteiger partial charge in [-0.3, -0.25) is 4.79 Å². The Morgan fingerprint density at radius 3 is 2.67 bits per heavy atom. The highest BCUT2D eigenvalue weighted by Gasteiger charge is 2.12. The largest absolute Gasteiger partial charge is 0.457 e. The molecule has 0 saturated heterocycles. The van der Waals surface area contributed by atoms with E-state index >= 15 is 0 Å². The highest BCUT2D eigenvalue weighted by molar-refractivity contribution is 5.93. The van der Waals surface area contributed by atoms with Gasteiger partial charge in [-0.2, -0.15) is 0 Å². The Hall–Kier alpha value is -3.41. The van der Waals surface area contributed by atoms with Crippen LogP contribution in [0.2, 0.25) is 0 Å². The maximum absolute atomic E-state index is 12.3. The number of ether oxygens (including phenoxy) is 1. The Kier molecular flexibility index (Phi) is 5.35. The van der Waals surface area contributed by atoms with Crippen molar-refractivity contribution in [1.82, 2.24) is 0 Å². The molecule has 0 atom stereocenters. The number of hydrogen-bond acceptors (Lipinski definition) is 5. The predicted molar refractivity (Wildman–Crippen MR) is 102 cm³/mol. The maximum Gasteiger partial charge on any atom is 0.338 e. The molecule has 0 bridgehead atoms. The minimum Gasteiger partial charge on any atom is -0.457 e. The van der Waals surface area contributed by atoms with Gasteiger partial charge in [-0.15, -0.1) is 0 Å². The summed E-state index contributed by atoms with van der Waals surface area (Å²) < 4.78 is 10.6. The van der Waals surface area contributed by atoms with Crippen molar-refractivity contribution in [2.45, 2.75) is 26.9 Å². The first-order valence-corrected chi connectivity index (χ1v) is 8.56. The summed E-state index contributed by atoms with van der Waals surface area (Å²) in [5.74, 6) is -0.775. The van der Waals surface area contributed by atoms with Gasteiger partial charge in [0.25, 0.3) is 0 Å². The zero-order chi connectivity index (χ0) is 19.4. The quantitative estimate of drug-likeness (QED) is 0.551. The molecule has 1 heterocycles. The van der Waals surface area contributed by atoms with Crippen LogP contribution in [0.25, 0.3) is 11.0 Å². The zero-order valence-corrected chi connectivity index (χ0v) is 15.1. The molecule has 6 nitrogen and oxygen atoms in total. The van der Waals surface area contributed by atoms with Crippen molar-refractivity contribution in [2.24, 2.45) is 0 Å². The molecule has 0 aliphatic heterocycles. The van der Waals surface area contributed by atoms with E-state index in [9.17, 15) is 14.4 Å². The summed E-state index contributed by atoms with van der Waals surface area (Å²) in [6, 6.07) is 13.4. The van der Waals surface area contributed by atoms with Crippen LogP contribution in [-0.4, -0.2) is 11.9 Å². The first-order chi connectivity index (χ1) is 13.0. The van der Waals surface area contributed by atoms with Crippen LogP contribution in [0.5, 0.6) is 0 Å². The first kappa shape index (κ1) is 18.4. The number of carbonyl (C=O) groups excluding carboxylic acids is 2. The molecule has 3 aromatic rings. The summed E-state index contributed by atoms with van der Waals surface area (Å²) in [5.41, 5.74) is 2.43. The molecule has 6 heteroatoms. The van der Waals surface area contributed by atoms with E-state index < -0.39 is 11.6 Å². The van der Waals surface area contributed by atoms with E-state index in [0.29, 0.717) is 22.4 Å². The number of esters is 1. The Morgan fingerprint density at radius 1 is 1.11 bits per heavy atom. The number of nitrogens with one attached hydrogen (secondary N) is 1. The number of hydrogen-bond donors (Lipinski definition) is 1. The van der Waals surface area contributed by atoms with Crippen LogP contribution in [0, 0.1) is 0 Å². The van der Waals surface area contributed by atoms with E-state index in [2.05, 4.69) is 5.32 Å². The summed E-state index contributed by atoms with van der Waals surface area (Å²) in [5, 5.41) is 3.34. The average Bonchev–Trinajstić information content (AvgIpc) is 2.64. The fourth-order valence-electron chi connectivity index (χ4n) is 2.77. The van der Waals surface area contributed by atoms with Gasteiger partial charge in [-0.25, -0.2) is 9.59 Å². The molecule has 1 aromatic heterocycles. The molecule has 0 spiro atoms. The van der Waals surface area contributed by atoms with Gasteiger partial charge in [0.2, 0.25) is 5.91 Å². The normalized spacial score (nSPS) is 10.6. The lowest BCUT2D eigenvalue weighted by Crippen LogP contribution is -2.10. The van der Waals surface area contributed by atoms with E-state index in [1.54, 1.807) is 18.2 Å². The second-order valence-electron chi connectivity index (χ2n) is 6.11. The summed E-state index contributed by atoms with van der Waals surface area (Å²) in [6.07, 6.45) is 0.823. The van der Waals surface area contributed by atoms with Crippen LogP contribution >= 0.6 is 0 Å². The SMILES string of the molecule is CCc1ccc2c(COC(=O)c3cccc(NC(C)=O)c3)cc(=O)oc2c1. The molecule has 0 aliphatic carbocycles. The van der Waals surface area contributed by atoms with E-state index in [1.807, 2.05) is 25.1 Å². The number of anilines is 1. The van der Waals surface area contributed by atoms with Gasteiger partial charge in [-0.05, 0) is 36.2 Å². The molecular formula is C21H19NO5. The molecular weight excluding hydrogens is 346 g/mol. The molecule has 3 rings (SSSR count). The third-order valence-electron chi connectivity index (χ3n) is 4.08. The monoisotopic (exact) mass is 365 g/mol. The molecule has 0 radical (unpaired) electrons. The lowest BCUT2D eigenvalue weighted by molar-refractivity contribution is -0.114. The van der Waals surface area contributed by atoms with Gasteiger partial charge in [0, 0.05) is 29.6 Å². The van der Waals surface area contributed by atoms with Gasteiger partial charge < -0.3 is 14.5 Å². The number of fused-ring (bicyclic) bond motifs is 1. The Bertz CT molecular complexity index is 1070. The van der Waals surface area contributed by atoms with E-state index in [0.717, 1.165) is 17.4 Å². The van der Waals surface area contributed by atoms with Crippen molar-refractivity contribution < 1.29 is 18.7 Å². The van der Waals surface area contributed by atoms with Crippen LogP contribution in [0.4, 0.5) is 5.69 Å². The van der Waals surface area contributed by atoms with E-state index in [4.69, 9.17) is 9.15 Å². The minimum absolute atomic E-state index is 0.0588. The fraction of sp³-hybridized carbons (Fsp3) is 0.190. The predicted octanol–water partition coefficient (Wildman–Crippen LogP) is 3.67. The van der Waals surface area contributed by atoms with Crippen molar-refractivity contribution >= 4 is 28.5 Å². The molecule has 2 aromatic carbocycles. The summed E-state index contributed by atoms with van der Waals surface area (Å²) in [6.45, 7) is 3.35. The minimum atomic E-state index is -0.547. The third-order valence-corrected chi connectivity index (χ3v) is 4.08. The van der Waals surface area contributed by atoms with E-state index in [-0.39, 0.29) is 12.5 Å². The van der Waals surface area contributed by atoms with E-state index in [1.165, 1.54) is 19.1 Å². The van der Waals surface area contributed by atoms with Crippen molar-refractivity contribution in [3.63, 3.8) is 0 Å². The van der Waals surface area contributed by atoms with Crippen molar-refractivity contribution in [3.8, 4) is 0 Å². The molecule has 0 unspecified atom stereocenters. The van der Waals surface area contributed by atoms with Crippen molar-refractivity contribution in [3.05, 3.63) is 75.6 Å². The number of aryl methyl sites for hydroxylation is 1. The molecule has 0 saturated carbocycles. The number of rotatable bonds is 5. The van der Waals surface area contributed by atoms with Gasteiger partial charge in [0.15, 0.2) is 0 Å². The lowest BCUT2D eigenvalue weighted by Gasteiger charge is -2.09. The Labute approximate surface area is 155 Å².